The van der Waals surface area contributed by atoms with E-state index in [1.807, 2.05) is 32.7 Å². The summed E-state index contributed by atoms with van der Waals surface area (Å²) in [6, 6.07) is 0.0575. The summed E-state index contributed by atoms with van der Waals surface area (Å²) in [7, 11) is 1.90. The molecule has 4 nitrogen and oxygen atoms in total. The van der Waals surface area contributed by atoms with E-state index in [-0.39, 0.29) is 30.1 Å². The zero-order valence-electron chi connectivity index (χ0n) is 10.1. The molecule has 0 bridgehead atoms. The van der Waals surface area contributed by atoms with E-state index in [9.17, 15) is 4.79 Å². The summed E-state index contributed by atoms with van der Waals surface area (Å²) in [5.74, 6) is 0.0703. The van der Waals surface area contributed by atoms with Crippen LogP contribution in [0.15, 0.2) is 0 Å². The third kappa shape index (κ3) is 3.18. The van der Waals surface area contributed by atoms with E-state index in [4.69, 9.17) is 5.11 Å². The highest BCUT2D eigenvalue weighted by Crippen LogP contribution is 2.22. The number of amides is 1. The largest absolute Gasteiger partial charge is 0.395 e. The molecule has 0 aromatic rings. The van der Waals surface area contributed by atoms with Gasteiger partial charge in [-0.3, -0.25) is 9.69 Å². The van der Waals surface area contributed by atoms with E-state index in [2.05, 4.69) is 5.32 Å². The molecule has 1 saturated heterocycles. The first-order chi connectivity index (χ1) is 6.85. The van der Waals surface area contributed by atoms with Crippen LogP contribution in [0, 0.1) is 0 Å². The average Bonchev–Trinajstić information content (AvgIpc) is 2.43. The number of hydrogen-bond acceptors (Lipinski definition) is 3. The van der Waals surface area contributed by atoms with E-state index < -0.39 is 0 Å². The number of aliphatic hydroxyl groups excluding tert-OH is 1. The second-order valence-electron chi connectivity index (χ2n) is 5.33. The zero-order chi connectivity index (χ0) is 11.6. The van der Waals surface area contributed by atoms with Gasteiger partial charge in [-0.1, -0.05) is 0 Å². The maximum atomic E-state index is 11.9. The van der Waals surface area contributed by atoms with Gasteiger partial charge in [0.25, 0.3) is 0 Å². The first-order valence-corrected chi connectivity index (χ1v) is 5.50. The van der Waals surface area contributed by atoms with Crippen LogP contribution in [0.4, 0.5) is 0 Å². The van der Waals surface area contributed by atoms with Crippen LogP contribution >= 0.6 is 0 Å². The summed E-state index contributed by atoms with van der Waals surface area (Å²) in [5.41, 5.74) is -0.185. The Morgan fingerprint density at radius 2 is 2.07 bits per heavy atom. The van der Waals surface area contributed by atoms with Crippen molar-refractivity contribution < 1.29 is 9.90 Å². The van der Waals surface area contributed by atoms with Gasteiger partial charge in [0.05, 0.1) is 12.6 Å². The van der Waals surface area contributed by atoms with Crippen LogP contribution in [0.2, 0.25) is 0 Å². The highest BCUT2D eigenvalue weighted by Gasteiger charge is 2.35. The summed E-state index contributed by atoms with van der Waals surface area (Å²) in [5, 5.41) is 12.1. The maximum Gasteiger partial charge on any atom is 0.237 e. The Morgan fingerprint density at radius 3 is 2.47 bits per heavy atom. The lowest BCUT2D eigenvalue weighted by atomic mass is 10.1. The lowest BCUT2D eigenvalue weighted by Crippen LogP contribution is -2.50. The van der Waals surface area contributed by atoms with Crippen molar-refractivity contribution in [3.63, 3.8) is 0 Å². The number of likely N-dealkylation sites (N-methyl/N-ethyl adjacent to an activating group) is 1. The first kappa shape index (κ1) is 12.5. The van der Waals surface area contributed by atoms with Crippen LogP contribution in [0.3, 0.4) is 0 Å². The van der Waals surface area contributed by atoms with Crippen molar-refractivity contribution >= 4 is 5.91 Å². The van der Waals surface area contributed by atoms with E-state index in [1.165, 1.54) is 0 Å². The molecule has 1 aliphatic rings. The van der Waals surface area contributed by atoms with Crippen LogP contribution in [0.5, 0.6) is 0 Å². The summed E-state index contributed by atoms with van der Waals surface area (Å²) in [4.78, 5) is 13.9. The van der Waals surface area contributed by atoms with Gasteiger partial charge in [-0.15, -0.1) is 0 Å². The topological polar surface area (TPSA) is 52.6 Å². The van der Waals surface area contributed by atoms with E-state index >= 15 is 0 Å². The normalized spacial score (nSPS) is 28.1. The second kappa shape index (κ2) is 4.49. The fourth-order valence-corrected chi connectivity index (χ4v) is 2.00. The molecule has 1 amide bonds. The fourth-order valence-electron chi connectivity index (χ4n) is 2.00. The summed E-state index contributed by atoms with van der Waals surface area (Å²) >= 11 is 0. The molecule has 0 radical (unpaired) electrons. The number of nitrogens with one attached hydrogen (secondary N) is 1. The van der Waals surface area contributed by atoms with Gasteiger partial charge in [-0.2, -0.15) is 0 Å². The predicted octanol–water partition coefficient (Wildman–Crippen LogP) is 0.356. The lowest BCUT2D eigenvalue weighted by molar-refractivity contribution is -0.127. The Bertz CT molecular complexity index is 235. The molecule has 1 rings (SSSR count). The molecule has 15 heavy (non-hydrogen) atoms. The molecule has 0 aromatic heterocycles. The molecule has 1 heterocycles. The highest BCUT2D eigenvalue weighted by molar-refractivity contribution is 5.82. The number of rotatable bonds is 2. The zero-order valence-corrected chi connectivity index (χ0v) is 10.1. The molecule has 0 aromatic carbocycles. The molecule has 0 unspecified atom stereocenters. The van der Waals surface area contributed by atoms with Crippen molar-refractivity contribution in [2.45, 2.75) is 51.2 Å². The fraction of sp³-hybridized carbons (Fsp3) is 0.909. The van der Waals surface area contributed by atoms with Crippen molar-refractivity contribution in [3.05, 3.63) is 0 Å². The van der Waals surface area contributed by atoms with Gasteiger partial charge >= 0.3 is 0 Å². The number of carbonyl (C=O) groups is 1. The lowest BCUT2D eigenvalue weighted by Gasteiger charge is -2.28. The Morgan fingerprint density at radius 1 is 1.47 bits per heavy atom. The van der Waals surface area contributed by atoms with Crippen LogP contribution in [-0.2, 0) is 4.79 Å². The molecular formula is C11H22N2O2. The number of aliphatic hydroxyl groups is 1. The summed E-state index contributed by atoms with van der Waals surface area (Å²) in [6.07, 6.45) is 1.73. The van der Waals surface area contributed by atoms with Gasteiger partial charge < -0.3 is 10.4 Å². The van der Waals surface area contributed by atoms with Gasteiger partial charge in [0.1, 0.15) is 0 Å². The van der Waals surface area contributed by atoms with Crippen LogP contribution < -0.4 is 5.32 Å². The summed E-state index contributed by atoms with van der Waals surface area (Å²) in [6.45, 7) is 6.06. The van der Waals surface area contributed by atoms with Crippen LogP contribution in [0.1, 0.15) is 33.6 Å². The molecule has 1 fully saturated rings. The third-order valence-corrected chi connectivity index (χ3v) is 2.85. The van der Waals surface area contributed by atoms with E-state index in [0.29, 0.717) is 0 Å². The molecule has 0 aliphatic carbocycles. The molecular weight excluding hydrogens is 192 g/mol. The van der Waals surface area contributed by atoms with Gasteiger partial charge in [-0.05, 0) is 40.7 Å². The predicted molar refractivity (Wildman–Crippen MR) is 59.6 cm³/mol. The Hall–Kier alpha value is -0.610. The van der Waals surface area contributed by atoms with Gasteiger partial charge in [0.15, 0.2) is 0 Å². The minimum absolute atomic E-state index is 0.0703. The van der Waals surface area contributed by atoms with Gasteiger partial charge in [-0.25, -0.2) is 0 Å². The van der Waals surface area contributed by atoms with Crippen molar-refractivity contribution in [2.24, 2.45) is 0 Å². The molecule has 4 heteroatoms. The standard InChI is InChI=1S/C11H22N2O2/c1-11(2,3)12-10(15)9-6-5-8(7-14)13(9)4/h8-9,14H,5-7H2,1-4H3,(H,12,15)/t8-,9+/m1/s1. The Kier molecular flexibility index (Phi) is 3.73. The van der Waals surface area contributed by atoms with E-state index in [1.54, 1.807) is 0 Å². The van der Waals surface area contributed by atoms with E-state index in [0.717, 1.165) is 12.8 Å². The monoisotopic (exact) mass is 214 g/mol. The van der Waals surface area contributed by atoms with Crippen LogP contribution in [-0.4, -0.2) is 47.2 Å². The minimum Gasteiger partial charge on any atom is -0.395 e. The van der Waals surface area contributed by atoms with Crippen molar-refractivity contribution in [1.29, 1.82) is 0 Å². The Labute approximate surface area is 91.6 Å². The summed E-state index contributed by atoms with van der Waals surface area (Å²) < 4.78 is 0. The molecule has 1 aliphatic heterocycles. The number of likely N-dealkylation sites (tertiary alicyclic amines) is 1. The first-order valence-electron chi connectivity index (χ1n) is 5.50. The number of hydrogen-bond donors (Lipinski definition) is 2. The second-order valence-corrected chi connectivity index (χ2v) is 5.33. The molecule has 2 atom stereocenters. The smallest absolute Gasteiger partial charge is 0.237 e. The average molecular weight is 214 g/mol. The van der Waals surface area contributed by atoms with Crippen molar-refractivity contribution in [3.8, 4) is 0 Å². The highest BCUT2D eigenvalue weighted by atomic mass is 16.3. The van der Waals surface area contributed by atoms with Crippen molar-refractivity contribution in [2.75, 3.05) is 13.7 Å². The van der Waals surface area contributed by atoms with Gasteiger partial charge in [0.2, 0.25) is 5.91 Å². The molecule has 0 spiro atoms. The SMILES string of the molecule is CN1[C@@H](CO)CC[C@H]1C(=O)NC(C)(C)C. The molecule has 2 N–H and O–H groups in total. The van der Waals surface area contributed by atoms with Crippen LogP contribution in [0.25, 0.3) is 0 Å². The minimum atomic E-state index is -0.185. The molecule has 88 valence electrons. The molecule has 0 saturated carbocycles. The third-order valence-electron chi connectivity index (χ3n) is 2.85. The number of nitrogens with zero attached hydrogens (tertiary/aromatic N) is 1. The quantitative estimate of drug-likeness (QED) is 0.697. The van der Waals surface area contributed by atoms with Crippen molar-refractivity contribution in [1.82, 2.24) is 10.2 Å². The van der Waals surface area contributed by atoms with Gasteiger partial charge in [0, 0.05) is 11.6 Å². The Balaban J connectivity index is 2.55. The maximum absolute atomic E-state index is 11.9. The number of carbonyl (C=O) groups excluding carboxylic acids is 1.